The van der Waals surface area contributed by atoms with Gasteiger partial charge in [-0.3, -0.25) is 13.6 Å². The minimum atomic E-state index is 0. The van der Waals surface area contributed by atoms with Gasteiger partial charge in [0.25, 0.3) is 0 Å². The topological polar surface area (TPSA) is 90.5 Å². The maximum Gasteiger partial charge on any atom is 6.00 e. The molecular formula is C18H38N4O2Ru. The summed E-state index contributed by atoms with van der Waals surface area (Å²) >= 11 is 0. The molecule has 2 unspecified atom stereocenters. The Morgan fingerprint density at radius 2 is 0.920 bits per heavy atom. The van der Waals surface area contributed by atoms with Crippen LogP contribution < -0.4 is 0 Å². The summed E-state index contributed by atoms with van der Waals surface area (Å²) < 4.78 is 0. The van der Waals surface area contributed by atoms with Gasteiger partial charge in [-0.25, -0.2) is 12.3 Å². The number of carbonyl (C=O) groups excluding carboxylic acids is 2. The van der Waals surface area contributed by atoms with Gasteiger partial charge in [0, 0.05) is 0 Å². The van der Waals surface area contributed by atoms with E-state index in [0.717, 1.165) is 25.7 Å². The van der Waals surface area contributed by atoms with Crippen molar-refractivity contribution in [2.45, 2.75) is 91.6 Å². The first-order valence-electron chi connectivity index (χ1n) is 8.46. The van der Waals surface area contributed by atoms with Gasteiger partial charge in [-0.2, -0.15) is 14.1 Å². The molecule has 0 saturated heterocycles. The van der Waals surface area contributed by atoms with Crippen LogP contribution in [-0.2, 0) is 29.1 Å². The predicted octanol–water partition coefficient (Wildman–Crippen LogP) is 5.25. The van der Waals surface area contributed by atoms with Crippen LogP contribution in [0.1, 0.15) is 67.2 Å². The zero-order chi connectivity index (χ0) is 20.0. The molecule has 0 rings (SSSR count). The van der Waals surface area contributed by atoms with Gasteiger partial charge in [-0.1, -0.05) is 67.2 Å². The number of hydrogen-bond donors (Lipinski definition) is 0. The molecule has 0 radical (unpaired) electrons. The molecule has 0 spiro atoms. The van der Waals surface area contributed by atoms with Crippen molar-refractivity contribution < 1.29 is 29.1 Å². The molecule has 0 N–H and O–H groups in total. The van der Waals surface area contributed by atoms with Gasteiger partial charge in [-0.05, 0) is 0 Å². The predicted molar refractivity (Wildman–Crippen MR) is 106 cm³/mol. The third-order valence-electron chi connectivity index (χ3n) is 2.63. The van der Waals surface area contributed by atoms with E-state index in [4.69, 9.17) is 9.59 Å². The molecule has 0 fully saturated rings. The van der Waals surface area contributed by atoms with Gasteiger partial charge in [0.05, 0.1) is 0 Å². The number of nitrogens with zero attached hydrogens (tertiary/aromatic N) is 4. The fourth-order valence-corrected chi connectivity index (χ4v) is 1.75. The van der Waals surface area contributed by atoms with Crippen LogP contribution in [0.4, 0.5) is 0 Å². The summed E-state index contributed by atoms with van der Waals surface area (Å²) in [7, 11) is 3.68. The normalized spacial score (nSPS) is 11.6. The summed E-state index contributed by atoms with van der Waals surface area (Å²) in [6, 6.07) is 0.834. The summed E-state index contributed by atoms with van der Waals surface area (Å²) in [5.74, 6) is 0. The molecule has 0 aromatic heterocycles. The minimum absolute atomic E-state index is 0. The summed E-state index contributed by atoms with van der Waals surface area (Å²) in [6.45, 7) is 19.2. The summed E-state index contributed by atoms with van der Waals surface area (Å²) in [5.41, 5.74) is 0. The Morgan fingerprint density at radius 3 is 1.04 bits per heavy atom. The van der Waals surface area contributed by atoms with Crippen LogP contribution in [-0.4, -0.2) is 52.1 Å². The number of hydrogen-bond acceptors (Lipinski definition) is 2. The van der Waals surface area contributed by atoms with Gasteiger partial charge in [-0.15, -0.1) is 12.1 Å². The van der Waals surface area contributed by atoms with E-state index in [1.54, 1.807) is 0 Å². The van der Waals surface area contributed by atoms with Crippen LogP contribution in [0, 0.1) is 0 Å². The quantitative estimate of drug-likeness (QED) is 0.262. The maximum atomic E-state index is 7.75. The van der Waals surface area contributed by atoms with Crippen LogP contribution in [0.3, 0.4) is 0 Å². The van der Waals surface area contributed by atoms with Crippen LogP contribution in [0.15, 0.2) is 0 Å². The van der Waals surface area contributed by atoms with Crippen LogP contribution in [0.25, 0.3) is 21.3 Å². The second-order valence-electron chi connectivity index (χ2n) is 5.54. The van der Waals surface area contributed by atoms with Crippen molar-refractivity contribution in [1.82, 2.24) is 0 Å². The average molecular weight is 444 g/mol. The van der Waals surface area contributed by atoms with E-state index in [2.05, 4.69) is 76.4 Å². The van der Waals surface area contributed by atoms with E-state index in [0.29, 0.717) is 12.1 Å². The van der Waals surface area contributed by atoms with E-state index in [1.807, 2.05) is 14.1 Å². The van der Waals surface area contributed by atoms with E-state index in [1.165, 1.54) is 0 Å². The van der Waals surface area contributed by atoms with Crippen LogP contribution >= 0.6 is 0 Å². The van der Waals surface area contributed by atoms with Gasteiger partial charge in [0.2, 0.25) is 0 Å². The fraction of sp³-hybridized carbons (Fsp3) is 0.889. The van der Waals surface area contributed by atoms with Gasteiger partial charge >= 0.3 is 19.5 Å². The molecule has 2 atom stereocenters. The Kier molecular flexibility index (Phi) is 45.2. The van der Waals surface area contributed by atoms with Crippen molar-refractivity contribution in [3.8, 4) is 0 Å². The second-order valence-corrected chi connectivity index (χ2v) is 5.54. The molecule has 25 heavy (non-hydrogen) atoms. The Labute approximate surface area is 169 Å². The van der Waals surface area contributed by atoms with Crippen molar-refractivity contribution in [3.05, 3.63) is 21.3 Å². The zero-order valence-electron chi connectivity index (χ0n) is 17.3. The summed E-state index contributed by atoms with van der Waals surface area (Å²) in [6.07, 6.45) is 5.00. The molecular weight excluding hydrogens is 405 g/mol. The average Bonchev–Trinajstić information content (AvgIpc) is 2.57. The molecule has 0 aliphatic carbocycles. The molecule has 0 bridgehead atoms. The second kappa shape index (κ2) is 31.6. The van der Waals surface area contributed by atoms with Crippen molar-refractivity contribution in [2.24, 2.45) is 0 Å². The van der Waals surface area contributed by atoms with Crippen molar-refractivity contribution in [1.29, 1.82) is 0 Å². The third-order valence-corrected chi connectivity index (χ3v) is 2.63. The zero-order valence-corrected chi connectivity index (χ0v) is 19.0. The minimum Gasteiger partial charge on any atom is -0.681 e. The molecule has 7 heteroatoms. The van der Waals surface area contributed by atoms with Crippen molar-refractivity contribution >= 4 is 13.6 Å². The molecule has 0 aliphatic rings. The first-order chi connectivity index (χ1) is 11.4. The monoisotopic (exact) mass is 444 g/mol. The molecule has 0 heterocycles. The fourth-order valence-electron chi connectivity index (χ4n) is 1.75. The molecule has 0 aliphatic heterocycles. The standard InChI is InChI=1S/2C8H18N2.2CHO.Ru/c2*1-5-6-8(9-4)10-7(2)3;2*1-2;/h2*7-8H,5-6H2,1-4H3;2*1H;/q2*-2;2*-1;+6. The smallest absolute Gasteiger partial charge is 0.681 e. The van der Waals surface area contributed by atoms with Crippen LogP contribution in [0.2, 0.25) is 0 Å². The van der Waals surface area contributed by atoms with Crippen LogP contribution in [0.5, 0.6) is 0 Å². The number of rotatable bonds is 10. The van der Waals surface area contributed by atoms with Crippen molar-refractivity contribution in [2.75, 3.05) is 14.1 Å². The maximum absolute atomic E-state index is 7.75. The van der Waals surface area contributed by atoms with Gasteiger partial charge in [0.1, 0.15) is 0 Å². The largest absolute Gasteiger partial charge is 6.00 e. The molecule has 0 aromatic rings. The first kappa shape index (κ1) is 35.8. The third kappa shape index (κ3) is 35.7. The Morgan fingerprint density at radius 1 is 0.680 bits per heavy atom. The van der Waals surface area contributed by atoms with E-state index in [9.17, 15) is 0 Å². The molecule has 0 saturated carbocycles. The Balaban J connectivity index is -0.0000000858. The van der Waals surface area contributed by atoms with Gasteiger partial charge in [0.15, 0.2) is 0 Å². The Hall–Kier alpha value is -0.197. The SMILES string of the molecule is CCCC([N-]C)[N-]C(C)C.CCCC([N-]C)[N-]C(C)C.[CH-]=O.[CH-]=O.[Ru+6]. The molecule has 6 nitrogen and oxygen atoms in total. The van der Waals surface area contributed by atoms with E-state index in [-0.39, 0.29) is 31.8 Å². The Bertz CT molecular complexity index is 201. The molecule has 150 valence electrons. The summed E-state index contributed by atoms with van der Waals surface area (Å²) in [4.78, 5) is 15.5. The summed E-state index contributed by atoms with van der Waals surface area (Å²) in [5, 5.41) is 17.1. The van der Waals surface area contributed by atoms with E-state index < -0.39 is 0 Å². The van der Waals surface area contributed by atoms with Gasteiger partial charge < -0.3 is 30.9 Å². The molecule has 0 amide bonds. The molecule has 0 aromatic carbocycles. The first-order valence-corrected chi connectivity index (χ1v) is 8.46. The van der Waals surface area contributed by atoms with Crippen molar-refractivity contribution in [3.63, 3.8) is 0 Å². The van der Waals surface area contributed by atoms with E-state index >= 15 is 0 Å².